The van der Waals surface area contributed by atoms with Crippen LogP contribution in [0, 0.1) is 20.8 Å². The van der Waals surface area contributed by atoms with Gasteiger partial charge in [-0.2, -0.15) is 0 Å². The van der Waals surface area contributed by atoms with Crippen molar-refractivity contribution >= 4 is 0 Å². The Hall–Kier alpha value is -2.26. The summed E-state index contributed by atoms with van der Waals surface area (Å²) in [7, 11) is 0. The quantitative estimate of drug-likeness (QED) is 0.714. The first-order valence-corrected chi connectivity index (χ1v) is 8.61. The second-order valence-corrected chi connectivity index (χ2v) is 6.87. The molecule has 0 fully saturated rings. The lowest BCUT2D eigenvalue weighted by atomic mass is 9.90. The average Bonchev–Trinajstić information content (AvgIpc) is 2.60. The summed E-state index contributed by atoms with van der Waals surface area (Å²) in [6.07, 6.45) is 2.58. The van der Waals surface area contributed by atoms with Crippen LogP contribution in [0.1, 0.15) is 41.2 Å². The van der Waals surface area contributed by atoms with E-state index in [1.165, 1.54) is 6.08 Å². The summed E-state index contributed by atoms with van der Waals surface area (Å²) < 4.78 is 6.09. The zero-order valence-electron chi connectivity index (χ0n) is 15.6. The van der Waals surface area contributed by atoms with Crippen LogP contribution >= 0.6 is 0 Å². The summed E-state index contributed by atoms with van der Waals surface area (Å²) in [5.74, 6) is 1.11. The lowest BCUT2D eigenvalue weighted by Gasteiger charge is -2.23. The molecule has 2 rings (SSSR count). The van der Waals surface area contributed by atoms with Crippen molar-refractivity contribution in [2.75, 3.05) is 0 Å². The van der Waals surface area contributed by atoms with Gasteiger partial charge in [0.05, 0.1) is 5.60 Å². The van der Waals surface area contributed by atoms with Crippen LogP contribution in [0.15, 0.2) is 43.0 Å². The maximum absolute atomic E-state index is 10.6. The number of hydrogen-bond acceptors (Lipinski definition) is 3. The minimum Gasteiger partial charge on any atom is -0.507 e. The van der Waals surface area contributed by atoms with Crippen molar-refractivity contribution in [2.45, 2.75) is 52.7 Å². The number of hydrogen-bond donors (Lipinski definition) is 2. The van der Waals surface area contributed by atoms with E-state index >= 15 is 0 Å². The van der Waals surface area contributed by atoms with Gasteiger partial charge in [0, 0.05) is 5.56 Å². The number of aromatic hydroxyl groups is 1. The second kappa shape index (κ2) is 7.75. The van der Waals surface area contributed by atoms with Gasteiger partial charge in [-0.05, 0) is 62.8 Å². The number of phenols is 1. The van der Waals surface area contributed by atoms with Crippen LogP contribution < -0.4 is 4.74 Å². The maximum Gasteiger partial charge on any atom is 0.126 e. The molecule has 0 aromatic heterocycles. The van der Waals surface area contributed by atoms with Gasteiger partial charge in [-0.3, -0.25) is 0 Å². The molecule has 0 aliphatic rings. The zero-order chi connectivity index (χ0) is 18.6. The molecule has 0 saturated carbocycles. The van der Waals surface area contributed by atoms with E-state index in [0.29, 0.717) is 25.2 Å². The number of rotatable bonds is 7. The lowest BCUT2D eigenvalue weighted by molar-refractivity contribution is 0.102. The normalized spacial score (nSPS) is 13.3. The van der Waals surface area contributed by atoms with Crippen molar-refractivity contribution in [3.8, 4) is 11.5 Å². The van der Waals surface area contributed by atoms with Gasteiger partial charge in [-0.15, -0.1) is 6.58 Å². The lowest BCUT2D eigenvalue weighted by Crippen LogP contribution is -2.21. The minimum absolute atomic E-state index is 0.293. The van der Waals surface area contributed by atoms with E-state index in [4.69, 9.17) is 4.74 Å². The Labute approximate surface area is 150 Å². The zero-order valence-corrected chi connectivity index (χ0v) is 15.6. The molecule has 0 heterocycles. The Morgan fingerprint density at radius 3 is 2.32 bits per heavy atom. The van der Waals surface area contributed by atoms with Crippen molar-refractivity contribution in [1.82, 2.24) is 0 Å². The van der Waals surface area contributed by atoms with E-state index < -0.39 is 5.60 Å². The molecule has 0 spiro atoms. The summed E-state index contributed by atoms with van der Waals surface area (Å²) in [6.45, 7) is 11.7. The highest BCUT2D eigenvalue weighted by Gasteiger charge is 2.21. The fourth-order valence-corrected chi connectivity index (χ4v) is 2.90. The Morgan fingerprint density at radius 1 is 1.08 bits per heavy atom. The Bertz CT molecular complexity index is 746. The van der Waals surface area contributed by atoms with Crippen molar-refractivity contribution in [2.24, 2.45) is 0 Å². The van der Waals surface area contributed by atoms with E-state index in [-0.39, 0.29) is 0 Å². The van der Waals surface area contributed by atoms with Gasteiger partial charge in [-0.25, -0.2) is 0 Å². The number of phenolic OH excluding ortho intramolecular Hbond substituents is 1. The molecule has 2 aromatic rings. The molecule has 2 N–H and O–H groups in total. The summed E-state index contributed by atoms with van der Waals surface area (Å²) in [5, 5.41) is 20.8. The third-order valence-corrected chi connectivity index (χ3v) is 4.88. The smallest absolute Gasteiger partial charge is 0.126 e. The molecule has 0 radical (unpaired) electrons. The highest BCUT2D eigenvalue weighted by Crippen LogP contribution is 2.38. The summed E-state index contributed by atoms with van der Waals surface area (Å²) in [5.41, 5.74) is 3.67. The first kappa shape index (κ1) is 19.1. The fourth-order valence-electron chi connectivity index (χ4n) is 2.90. The molecule has 3 heteroatoms. The highest BCUT2D eigenvalue weighted by molar-refractivity contribution is 5.57. The van der Waals surface area contributed by atoms with Crippen LogP contribution in [-0.4, -0.2) is 15.8 Å². The van der Waals surface area contributed by atoms with Crippen molar-refractivity contribution in [1.29, 1.82) is 0 Å². The molecule has 3 nitrogen and oxygen atoms in total. The van der Waals surface area contributed by atoms with Crippen molar-refractivity contribution in [3.05, 3.63) is 70.8 Å². The highest BCUT2D eigenvalue weighted by atomic mass is 16.5. The molecule has 0 aliphatic carbocycles. The third kappa shape index (κ3) is 4.43. The molecule has 134 valence electrons. The van der Waals surface area contributed by atoms with Crippen molar-refractivity contribution < 1.29 is 14.9 Å². The van der Waals surface area contributed by atoms with Crippen LogP contribution in [0.5, 0.6) is 11.5 Å². The van der Waals surface area contributed by atoms with Gasteiger partial charge in [0.2, 0.25) is 0 Å². The van der Waals surface area contributed by atoms with Crippen LogP contribution in [0.4, 0.5) is 0 Å². The maximum atomic E-state index is 10.6. The summed E-state index contributed by atoms with van der Waals surface area (Å²) in [6, 6.07) is 10.0. The summed E-state index contributed by atoms with van der Waals surface area (Å²) in [4.78, 5) is 0. The minimum atomic E-state index is -0.956. The van der Waals surface area contributed by atoms with Crippen LogP contribution in [-0.2, 0) is 13.0 Å². The van der Waals surface area contributed by atoms with Crippen LogP contribution in [0.25, 0.3) is 0 Å². The molecular formula is C22H28O3. The Balaban J connectivity index is 2.31. The van der Waals surface area contributed by atoms with Gasteiger partial charge in [0.25, 0.3) is 0 Å². The van der Waals surface area contributed by atoms with E-state index in [2.05, 4.69) is 6.58 Å². The average molecular weight is 340 g/mol. The van der Waals surface area contributed by atoms with Crippen molar-refractivity contribution in [3.63, 3.8) is 0 Å². The summed E-state index contributed by atoms with van der Waals surface area (Å²) >= 11 is 0. The van der Waals surface area contributed by atoms with E-state index in [0.717, 1.165) is 33.6 Å². The Morgan fingerprint density at radius 2 is 1.72 bits per heavy atom. The van der Waals surface area contributed by atoms with E-state index in [9.17, 15) is 10.2 Å². The van der Waals surface area contributed by atoms with Gasteiger partial charge >= 0.3 is 0 Å². The second-order valence-electron chi connectivity index (χ2n) is 6.87. The van der Waals surface area contributed by atoms with Gasteiger partial charge in [0.15, 0.2) is 0 Å². The van der Waals surface area contributed by atoms with Gasteiger partial charge < -0.3 is 14.9 Å². The number of ether oxygens (including phenoxy) is 1. The fraction of sp³-hybridized carbons (Fsp3) is 0.364. The SMILES string of the molecule is C=C[C@](C)(O)CCc1c(C)c(OCc2ccccc2)c(C)c(C)c1O. The topological polar surface area (TPSA) is 49.7 Å². The van der Waals surface area contributed by atoms with Gasteiger partial charge in [-0.1, -0.05) is 36.4 Å². The number of benzene rings is 2. The van der Waals surface area contributed by atoms with E-state index in [1.54, 1.807) is 6.92 Å². The first-order chi connectivity index (χ1) is 11.8. The molecule has 0 aliphatic heterocycles. The first-order valence-electron chi connectivity index (χ1n) is 8.61. The number of aliphatic hydroxyl groups is 1. The van der Waals surface area contributed by atoms with Gasteiger partial charge in [0.1, 0.15) is 18.1 Å². The predicted molar refractivity (Wildman–Crippen MR) is 102 cm³/mol. The van der Waals surface area contributed by atoms with Crippen LogP contribution in [0.2, 0.25) is 0 Å². The standard InChI is InChI=1S/C22H28O3/c1-6-22(5,24)13-12-19-17(4)21(16(3)15(2)20(19)23)25-14-18-10-8-7-9-11-18/h6-11,23-24H,1,12-14H2,2-5H3/t22-/m0/s1. The predicted octanol–water partition coefficient (Wildman–Crippen LogP) is 4.77. The monoisotopic (exact) mass is 340 g/mol. The molecule has 1 atom stereocenters. The molecule has 0 amide bonds. The molecule has 0 bridgehead atoms. The molecule has 0 unspecified atom stereocenters. The van der Waals surface area contributed by atoms with E-state index in [1.807, 2.05) is 51.1 Å². The molecule has 2 aromatic carbocycles. The molecule has 0 saturated heterocycles. The Kier molecular flexibility index (Phi) is 5.91. The largest absolute Gasteiger partial charge is 0.507 e. The van der Waals surface area contributed by atoms with Crippen LogP contribution in [0.3, 0.4) is 0 Å². The molecular weight excluding hydrogens is 312 g/mol. The molecule has 25 heavy (non-hydrogen) atoms. The third-order valence-electron chi connectivity index (χ3n) is 4.88.